The van der Waals surface area contributed by atoms with Gasteiger partial charge in [0.05, 0.1) is 30.5 Å². The van der Waals surface area contributed by atoms with Gasteiger partial charge in [-0.25, -0.2) is 4.68 Å². The van der Waals surface area contributed by atoms with Crippen LogP contribution >= 0.6 is 0 Å². The maximum Gasteiger partial charge on any atom is 0.116 e. The van der Waals surface area contributed by atoms with Gasteiger partial charge in [-0.1, -0.05) is 47.2 Å². The molecular formula is C20H20N4O. The van der Waals surface area contributed by atoms with Crippen LogP contribution in [0.25, 0.3) is 11.3 Å². The zero-order valence-electron chi connectivity index (χ0n) is 14.4. The molecule has 3 rings (SSSR count). The maximum atomic E-state index is 8.93. The number of aryl methyl sites for hydroxylation is 1. The van der Waals surface area contributed by atoms with Crippen molar-refractivity contribution < 1.29 is 4.74 Å². The molecule has 0 atom stereocenters. The molecule has 0 unspecified atom stereocenters. The Bertz CT molecular complexity index is 874. The Hall–Kier alpha value is -2.97. The summed E-state index contributed by atoms with van der Waals surface area (Å²) in [5.41, 5.74) is 5.80. The third-order valence-corrected chi connectivity index (χ3v) is 3.99. The predicted octanol–water partition coefficient (Wildman–Crippen LogP) is 3.71. The van der Waals surface area contributed by atoms with E-state index in [1.165, 1.54) is 5.56 Å². The van der Waals surface area contributed by atoms with Crippen LogP contribution in [-0.4, -0.2) is 21.6 Å². The van der Waals surface area contributed by atoms with Gasteiger partial charge in [-0.3, -0.25) is 0 Å². The first-order valence-corrected chi connectivity index (χ1v) is 8.27. The fraction of sp³-hybridized carbons (Fsp3) is 0.250. The molecule has 0 aliphatic rings. The SMILES string of the molecule is CCOCc1nnn(Cc2ccc(C#N)cc2)c1-c1ccc(C)cc1. The fourth-order valence-electron chi connectivity index (χ4n) is 2.64. The van der Waals surface area contributed by atoms with Gasteiger partial charge in [0.15, 0.2) is 0 Å². The maximum absolute atomic E-state index is 8.93. The summed E-state index contributed by atoms with van der Waals surface area (Å²) in [4.78, 5) is 0. The Labute approximate surface area is 147 Å². The zero-order chi connectivity index (χ0) is 17.6. The van der Waals surface area contributed by atoms with Crippen LogP contribution < -0.4 is 0 Å². The van der Waals surface area contributed by atoms with E-state index in [-0.39, 0.29) is 0 Å². The van der Waals surface area contributed by atoms with Crippen molar-refractivity contribution in [2.24, 2.45) is 0 Å². The summed E-state index contributed by atoms with van der Waals surface area (Å²) >= 11 is 0. The van der Waals surface area contributed by atoms with E-state index in [0.29, 0.717) is 25.3 Å². The van der Waals surface area contributed by atoms with E-state index < -0.39 is 0 Å². The van der Waals surface area contributed by atoms with Crippen molar-refractivity contribution >= 4 is 0 Å². The Morgan fingerprint density at radius 1 is 1.08 bits per heavy atom. The molecule has 0 radical (unpaired) electrons. The van der Waals surface area contributed by atoms with Crippen molar-refractivity contribution in [3.8, 4) is 17.3 Å². The lowest BCUT2D eigenvalue weighted by atomic mass is 10.1. The number of aromatic nitrogens is 3. The number of rotatable bonds is 6. The van der Waals surface area contributed by atoms with Crippen molar-refractivity contribution in [1.82, 2.24) is 15.0 Å². The lowest BCUT2D eigenvalue weighted by molar-refractivity contribution is 0.131. The molecule has 25 heavy (non-hydrogen) atoms. The average molecular weight is 332 g/mol. The second-order valence-corrected chi connectivity index (χ2v) is 5.85. The molecule has 5 heteroatoms. The van der Waals surface area contributed by atoms with Gasteiger partial charge in [-0.05, 0) is 31.5 Å². The first kappa shape index (κ1) is 16.9. The molecule has 1 aromatic heterocycles. The van der Waals surface area contributed by atoms with Crippen molar-refractivity contribution in [3.05, 3.63) is 70.9 Å². The van der Waals surface area contributed by atoms with Gasteiger partial charge in [0.2, 0.25) is 0 Å². The van der Waals surface area contributed by atoms with Gasteiger partial charge in [0, 0.05) is 12.2 Å². The van der Waals surface area contributed by atoms with E-state index in [4.69, 9.17) is 10.00 Å². The van der Waals surface area contributed by atoms with E-state index in [1.807, 2.05) is 35.9 Å². The first-order chi connectivity index (χ1) is 12.2. The van der Waals surface area contributed by atoms with E-state index in [9.17, 15) is 0 Å². The van der Waals surface area contributed by atoms with E-state index in [0.717, 1.165) is 22.5 Å². The fourth-order valence-corrected chi connectivity index (χ4v) is 2.64. The van der Waals surface area contributed by atoms with Crippen LogP contribution in [-0.2, 0) is 17.9 Å². The summed E-state index contributed by atoms with van der Waals surface area (Å²) < 4.78 is 7.44. The minimum atomic E-state index is 0.438. The van der Waals surface area contributed by atoms with Crippen LogP contribution in [0.3, 0.4) is 0 Å². The summed E-state index contributed by atoms with van der Waals surface area (Å²) in [6.45, 7) is 5.70. The van der Waals surface area contributed by atoms with Crippen LogP contribution in [0, 0.1) is 18.3 Å². The Morgan fingerprint density at radius 3 is 2.44 bits per heavy atom. The molecule has 0 N–H and O–H groups in total. The van der Waals surface area contributed by atoms with Crippen molar-refractivity contribution in [2.45, 2.75) is 27.0 Å². The number of ether oxygens (including phenoxy) is 1. The molecule has 0 aliphatic carbocycles. The van der Waals surface area contributed by atoms with Gasteiger partial charge in [0.25, 0.3) is 0 Å². The second kappa shape index (κ2) is 7.73. The molecule has 0 amide bonds. The third kappa shape index (κ3) is 3.93. The molecule has 0 spiro atoms. The molecule has 0 aliphatic heterocycles. The molecule has 5 nitrogen and oxygen atoms in total. The highest BCUT2D eigenvalue weighted by Crippen LogP contribution is 2.24. The summed E-state index contributed by atoms with van der Waals surface area (Å²) in [7, 11) is 0. The van der Waals surface area contributed by atoms with Gasteiger partial charge in [-0.15, -0.1) is 5.10 Å². The average Bonchev–Trinajstić information content (AvgIpc) is 3.04. The highest BCUT2D eigenvalue weighted by atomic mass is 16.5. The normalized spacial score (nSPS) is 10.6. The number of hydrogen-bond donors (Lipinski definition) is 0. The minimum Gasteiger partial charge on any atom is -0.375 e. The topological polar surface area (TPSA) is 63.7 Å². The number of nitriles is 1. The first-order valence-electron chi connectivity index (χ1n) is 8.27. The highest BCUT2D eigenvalue weighted by molar-refractivity contribution is 5.62. The predicted molar refractivity (Wildman–Crippen MR) is 95.8 cm³/mol. The Balaban J connectivity index is 1.96. The monoisotopic (exact) mass is 332 g/mol. The molecule has 1 heterocycles. The van der Waals surface area contributed by atoms with E-state index in [1.54, 1.807) is 0 Å². The van der Waals surface area contributed by atoms with Crippen molar-refractivity contribution in [2.75, 3.05) is 6.61 Å². The molecule has 126 valence electrons. The standard InChI is InChI=1S/C20H20N4O/c1-3-25-14-19-20(18-10-4-15(2)5-11-18)24(23-22-19)13-17-8-6-16(12-21)7-9-17/h4-11H,3,13-14H2,1-2H3. The van der Waals surface area contributed by atoms with Gasteiger partial charge < -0.3 is 4.74 Å². The van der Waals surface area contributed by atoms with Gasteiger partial charge in [-0.2, -0.15) is 5.26 Å². The lowest BCUT2D eigenvalue weighted by Gasteiger charge is -2.09. The van der Waals surface area contributed by atoms with Crippen molar-refractivity contribution in [3.63, 3.8) is 0 Å². The zero-order valence-corrected chi connectivity index (χ0v) is 14.4. The highest BCUT2D eigenvalue weighted by Gasteiger charge is 2.15. The van der Waals surface area contributed by atoms with Gasteiger partial charge in [0.1, 0.15) is 5.69 Å². The number of benzene rings is 2. The quantitative estimate of drug-likeness (QED) is 0.690. The molecule has 2 aromatic carbocycles. The Morgan fingerprint density at radius 2 is 1.80 bits per heavy atom. The number of nitrogens with zero attached hydrogens (tertiary/aromatic N) is 4. The molecule has 0 saturated heterocycles. The van der Waals surface area contributed by atoms with Crippen molar-refractivity contribution in [1.29, 1.82) is 5.26 Å². The molecule has 0 fully saturated rings. The lowest BCUT2D eigenvalue weighted by Crippen LogP contribution is -2.05. The van der Waals surface area contributed by atoms with Crippen LogP contribution in [0.4, 0.5) is 0 Å². The molecular weight excluding hydrogens is 312 g/mol. The summed E-state index contributed by atoms with van der Waals surface area (Å²) in [5, 5.41) is 17.6. The summed E-state index contributed by atoms with van der Waals surface area (Å²) in [5.74, 6) is 0. The smallest absolute Gasteiger partial charge is 0.116 e. The summed E-state index contributed by atoms with van der Waals surface area (Å²) in [6.07, 6.45) is 0. The molecule has 0 bridgehead atoms. The molecule has 0 saturated carbocycles. The van der Waals surface area contributed by atoms with Crippen LogP contribution in [0.1, 0.15) is 29.3 Å². The van der Waals surface area contributed by atoms with Crippen LogP contribution in [0.2, 0.25) is 0 Å². The third-order valence-electron chi connectivity index (χ3n) is 3.99. The van der Waals surface area contributed by atoms with Gasteiger partial charge >= 0.3 is 0 Å². The Kier molecular flexibility index (Phi) is 5.22. The second-order valence-electron chi connectivity index (χ2n) is 5.85. The largest absolute Gasteiger partial charge is 0.375 e. The van der Waals surface area contributed by atoms with Crippen LogP contribution in [0.5, 0.6) is 0 Å². The molecule has 3 aromatic rings. The van der Waals surface area contributed by atoms with E-state index >= 15 is 0 Å². The number of hydrogen-bond acceptors (Lipinski definition) is 4. The summed E-state index contributed by atoms with van der Waals surface area (Å²) in [6, 6.07) is 18.0. The van der Waals surface area contributed by atoms with E-state index in [2.05, 4.69) is 47.6 Å². The van der Waals surface area contributed by atoms with Crippen LogP contribution in [0.15, 0.2) is 48.5 Å². The minimum absolute atomic E-state index is 0.438.